The van der Waals surface area contributed by atoms with E-state index in [1.54, 1.807) is 24.3 Å². The third kappa shape index (κ3) is 4.57. The number of carbonyl (C=O) groups excluding carboxylic acids is 2. The van der Waals surface area contributed by atoms with E-state index in [0.717, 1.165) is 18.8 Å². The topological polar surface area (TPSA) is 120 Å². The van der Waals surface area contributed by atoms with Gasteiger partial charge in [0, 0.05) is 36.7 Å². The summed E-state index contributed by atoms with van der Waals surface area (Å²) in [5.41, 5.74) is 3.67. The molecule has 10 nitrogen and oxygen atoms in total. The quantitative estimate of drug-likeness (QED) is 0.401. The minimum absolute atomic E-state index is 0.142. The maximum Gasteiger partial charge on any atom is 0.261 e. The summed E-state index contributed by atoms with van der Waals surface area (Å²) in [5, 5.41) is 19.2. The fourth-order valence-corrected chi connectivity index (χ4v) is 4.98. The van der Waals surface area contributed by atoms with E-state index in [4.69, 9.17) is 15.1 Å². The second kappa shape index (κ2) is 10.2. The largest absolute Gasteiger partial charge is 0.372 e. The Morgan fingerprint density at radius 2 is 1.70 bits per heavy atom. The Hall–Kier alpha value is -4.65. The summed E-state index contributed by atoms with van der Waals surface area (Å²) >= 11 is 0. The zero-order valence-electron chi connectivity index (χ0n) is 23.6. The van der Waals surface area contributed by atoms with Crippen molar-refractivity contribution in [3.05, 3.63) is 70.8 Å². The molecule has 0 saturated heterocycles. The van der Waals surface area contributed by atoms with Crippen molar-refractivity contribution in [3.8, 4) is 6.07 Å². The number of hydrogen-bond acceptors (Lipinski definition) is 8. The molecular weight excluding hydrogens is 504 g/mol. The van der Waals surface area contributed by atoms with Crippen molar-refractivity contribution >= 4 is 34.6 Å². The monoisotopic (exact) mass is 536 g/mol. The first kappa shape index (κ1) is 26.9. The van der Waals surface area contributed by atoms with Crippen LogP contribution in [0.25, 0.3) is 0 Å². The maximum absolute atomic E-state index is 12.9. The van der Waals surface area contributed by atoms with Gasteiger partial charge in [-0.2, -0.15) is 10.4 Å². The van der Waals surface area contributed by atoms with Crippen LogP contribution in [0.3, 0.4) is 0 Å². The summed E-state index contributed by atoms with van der Waals surface area (Å²) in [6, 6.07) is 14.8. The smallest absolute Gasteiger partial charge is 0.261 e. The summed E-state index contributed by atoms with van der Waals surface area (Å²) in [4.78, 5) is 40.3. The molecule has 3 aromatic rings. The predicted molar refractivity (Wildman–Crippen MR) is 153 cm³/mol. The molecule has 0 radical (unpaired) electrons. The van der Waals surface area contributed by atoms with E-state index in [-0.39, 0.29) is 29.7 Å². The molecule has 2 aromatic carbocycles. The summed E-state index contributed by atoms with van der Waals surface area (Å²) in [6.45, 7) is 13.9. The van der Waals surface area contributed by atoms with Crippen molar-refractivity contribution in [2.75, 3.05) is 24.5 Å². The van der Waals surface area contributed by atoms with Crippen molar-refractivity contribution in [1.29, 1.82) is 5.26 Å². The van der Waals surface area contributed by atoms with Gasteiger partial charge in [-0.25, -0.2) is 9.98 Å². The highest BCUT2D eigenvalue weighted by Gasteiger charge is 2.38. The van der Waals surface area contributed by atoms with Crippen LogP contribution in [0.2, 0.25) is 0 Å². The van der Waals surface area contributed by atoms with Gasteiger partial charge in [0.2, 0.25) is 5.82 Å². The third-order valence-corrected chi connectivity index (χ3v) is 7.19. The van der Waals surface area contributed by atoms with E-state index in [2.05, 4.69) is 29.9 Å². The van der Waals surface area contributed by atoms with E-state index in [0.29, 0.717) is 45.4 Å². The number of amides is 2. The van der Waals surface area contributed by atoms with E-state index in [1.165, 1.54) is 9.69 Å². The fourth-order valence-electron chi connectivity index (χ4n) is 4.98. The fraction of sp³-hybridized carbons (Fsp3) is 0.367. The zero-order valence-corrected chi connectivity index (χ0v) is 23.6. The summed E-state index contributed by atoms with van der Waals surface area (Å²) in [6.07, 6.45) is 0. The van der Waals surface area contributed by atoms with Crippen LogP contribution < -0.4 is 4.90 Å². The Morgan fingerprint density at radius 1 is 1.05 bits per heavy atom. The number of aliphatic imine (C=N–C) groups is 1. The molecular formula is C30H32N8O2. The number of aromatic nitrogens is 3. The van der Waals surface area contributed by atoms with Crippen LogP contribution in [0.15, 0.2) is 52.6 Å². The van der Waals surface area contributed by atoms with Gasteiger partial charge in [0.05, 0.1) is 28.1 Å². The van der Waals surface area contributed by atoms with Gasteiger partial charge in [-0.3, -0.25) is 14.5 Å². The highest BCUT2D eigenvalue weighted by molar-refractivity contribution is 6.50. The Bertz CT molecular complexity index is 1580. The van der Waals surface area contributed by atoms with E-state index in [9.17, 15) is 14.9 Å². The van der Waals surface area contributed by atoms with Crippen LogP contribution in [0, 0.1) is 16.7 Å². The number of hydrogen-bond donors (Lipinski definition) is 0. The van der Waals surface area contributed by atoms with Crippen molar-refractivity contribution in [1.82, 2.24) is 19.8 Å². The van der Waals surface area contributed by atoms with Crippen LogP contribution in [0.5, 0.6) is 0 Å². The van der Waals surface area contributed by atoms with Crippen molar-refractivity contribution in [2.45, 2.75) is 47.5 Å². The molecule has 40 heavy (non-hydrogen) atoms. The lowest BCUT2D eigenvalue weighted by Crippen LogP contribution is -2.33. The standard InChI is InChI=1S/C30H32N8O2/c1-7-36(8-2)20-13-14-23(19(15-20)16-31)32-24-25(30(4,5)6)34-38-27(24)33-26(35-38)18(3)17-37-28(39)21-11-9-10-12-22(21)29(37)40/h9-15,18H,7-8,17H2,1-6H3. The average molecular weight is 537 g/mol. The second-order valence-electron chi connectivity index (χ2n) is 11.0. The average Bonchev–Trinajstić information content (AvgIpc) is 3.57. The number of nitrogens with zero attached hydrogens (tertiary/aromatic N) is 8. The lowest BCUT2D eigenvalue weighted by molar-refractivity contribution is 0.0645. The number of nitriles is 1. The lowest BCUT2D eigenvalue weighted by atomic mass is 9.87. The molecule has 2 aliphatic rings. The van der Waals surface area contributed by atoms with Gasteiger partial charge >= 0.3 is 0 Å². The second-order valence-corrected chi connectivity index (χ2v) is 11.0. The minimum atomic E-state index is -0.360. The molecule has 0 aliphatic carbocycles. The molecule has 1 aromatic heterocycles. The van der Waals surface area contributed by atoms with Gasteiger partial charge < -0.3 is 4.90 Å². The summed E-state index contributed by atoms with van der Waals surface area (Å²) < 4.78 is 0. The molecule has 2 aliphatic heterocycles. The number of carbonyl (C=O) groups is 2. The number of fused-ring (bicyclic) bond motifs is 2. The first-order chi connectivity index (χ1) is 19.1. The summed E-state index contributed by atoms with van der Waals surface area (Å²) in [5.74, 6) is -0.0459. The maximum atomic E-state index is 12.9. The first-order valence-electron chi connectivity index (χ1n) is 13.5. The lowest BCUT2D eigenvalue weighted by Gasteiger charge is -2.21. The molecule has 204 valence electrons. The third-order valence-electron chi connectivity index (χ3n) is 7.19. The molecule has 3 heterocycles. The van der Waals surface area contributed by atoms with Crippen LogP contribution in [-0.4, -0.2) is 62.6 Å². The highest BCUT2D eigenvalue weighted by Crippen LogP contribution is 2.31. The van der Waals surface area contributed by atoms with Gasteiger partial charge in [-0.05, 0) is 44.2 Å². The molecule has 0 N–H and O–H groups in total. The van der Waals surface area contributed by atoms with Crippen molar-refractivity contribution < 1.29 is 9.59 Å². The Balaban J connectivity index is 1.48. The van der Waals surface area contributed by atoms with Crippen molar-refractivity contribution in [2.24, 2.45) is 15.5 Å². The molecule has 0 fully saturated rings. The van der Waals surface area contributed by atoms with Gasteiger partial charge in [-0.15, -0.1) is 9.89 Å². The SMILES string of the molecule is CCN(CC)c1ccc(N=C2C(C(C)(C)C)=Nn3nc(C(C)CN4C(=O)c5ccccc5C4=O)nc32)c(C#N)c1. The van der Waals surface area contributed by atoms with Crippen LogP contribution >= 0.6 is 0 Å². The Labute approximate surface area is 233 Å². The Kier molecular flexibility index (Phi) is 6.84. The normalized spacial score (nSPS) is 16.2. The van der Waals surface area contributed by atoms with E-state index in [1.807, 2.05) is 45.9 Å². The molecule has 2 amide bonds. The highest BCUT2D eigenvalue weighted by atomic mass is 16.2. The number of benzene rings is 2. The molecule has 10 heteroatoms. The molecule has 1 atom stereocenters. The number of imide groups is 1. The van der Waals surface area contributed by atoms with Crippen LogP contribution in [0.4, 0.5) is 11.4 Å². The summed E-state index contributed by atoms with van der Waals surface area (Å²) in [7, 11) is 0. The van der Waals surface area contributed by atoms with Crippen LogP contribution in [0.1, 0.15) is 85.4 Å². The van der Waals surface area contributed by atoms with Gasteiger partial charge in [0.25, 0.3) is 11.8 Å². The van der Waals surface area contributed by atoms with Gasteiger partial charge in [-0.1, -0.05) is 39.8 Å². The molecule has 5 rings (SSSR count). The molecule has 0 saturated carbocycles. The number of anilines is 1. The van der Waals surface area contributed by atoms with Crippen molar-refractivity contribution in [3.63, 3.8) is 0 Å². The number of rotatable bonds is 7. The first-order valence-corrected chi connectivity index (χ1v) is 13.5. The molecule has 0 spiro atoms. The zero-order chi connectivity index (χ0) is 28.8. The molecule has 0 bridgehead atoms. The van der Waals surface area contributed by atoms with E-state index < -0.39 is 0 Å². The van der Waals surface area contributed by atoms with Gasteiger partial charge in [0.1, 0.15) is 11.8 Å². The Morgan fingerprint density at radius 3 is 2.27 bits per heavy atom. The van der Waals surface area contributed by atoms with Gasteiger partial charge in [0.15, 0.2) is 5.82 Å². The van der Waals surface area contributed by atoms with E-state index >= 15 is 0 Å². The predicted octanol–water partition coefficient (Wildman–Crippen LogP) is 4.78. The minimum Gasteiger partial charge on any atom is -0.372 e. The van der Waals surface area contributed by atoms with Crippen LogP contribution in [-0.2, 0) is 0 Å². The molecule has 1 unspecified atom stereocenters.